The fraction of sp³-hybridized carbons (Fsp3) is 0.120. The highest BCUT2D eigenvalue weighted by atomic mass is 35.5. The van der Waals surface area contributed by atoms with Gasteiger partial charge in [-0.25, -0.2) is 0 Å². The van der Waals surface area contributed by atoms with Crippen LogP contribution in [0.4, 0.5) is 5.69 Å². The standard InChI is InChI=1S/C25H20ClNO4/c1-16-12-23-20(13-21(16)26)22(28)14-24(31-23)25(29)27(15-17-6-4-3-5-7-17)18-8-10-19(30-2)11-9-18/h3-14H,15H2,1-2H3. The number of methoxy groups -OCH3 is 1. The summed E-state index contributed by atoms with van der Waals surface area (Å²) in [5, 5.41) is 0.814. The van der Waals surface area contributed by atoms with E-state index in [9.17, 15) is 9.59 Å². The number of halogens is 1. The van der Waals surface area contributed by atoms with Gasteiger partial charge in [-0.3, -0.25) is 9.59 Å². The van der Waals surface area contributed by atoms with E-state index in [2.05, 4.69) is 0 Å². The molecule has 4 aromatic rings. The van der Waals surface area contributed by atoms with Crippen LogP contribution in [0.1, 0.15) is 21.7 Å². The maximum Gasteiger partial charge on any atom is 0.294 e. The summed E-state index contributed by atoms with van der Waals surface area (Å²) in [7, 11) is 1.58. The van der Waals surface area contributed by atoms with Crippen molar-refractivity contribution in [1.29, 1.82) is 0 Å². The fourth-order valence-electron chi connectivity index (χ4n) is 3.32. The molecule has 0 aliphatic heterocycles. The lowest BCUT2D eigenvalue weighted by Gasteiger charge is -2.23. The monoisotopic (exact) mass is 433 g/mol. The van der Waals surface area contributed by atoms with E-state index in [0.717, 1.165) is 11.1 Å². The Morgan fingerprint density at radius 2 is 1.74 bits per heavy atom. The smallest absolute Gasteiger partial charge is 0.294 e. The van der Waals surface area contributed by atoms with Crippen LogP contribution in [0.3, 0.4) is 0 Å². The van der Waals surface area contributed by atoms with Gasteiger partial charge in [0.2, 0.25) is 0 Å². The Kier molecular flexibility index (Phi) is 5.78. The minimum Gasteiger partial charge on any atom is -0.497 e. The highest BCUT2D eigenvalue weighted by Gasteiger charge is 2.22. The molecule has 0 aliphatic rings. The first-order chi connectivity index (χ1) is 15.0. The van der Waals surface area contributed by atoms with Gasteiger partial charge in [0.15, 0.2) is 11.2 Å². The zero-order chi connectivity index (χ0) is 22.0. The summed E-state index contributed by atoms with van der Waals surface area (Å²) in [6, 6.07) is 21.2. The van der Waals surface area contributed by atoms with Crippen LogP contribution in [-0.2, 0) is 6.54 Å². The van der Waals surface area contributed by atoms with Gasteiger partial charge in [0.1, 0.15) is 11.3 Å². The van der Waals surface area contributed by atoms with Crippen LogP contribution in [0.15, 0.2) is 82.0 Å². The zero-order valence-corrected chi connectivity index (χ0v) is 17.8. The van der Waals surface area contributed by atoms with Gasteiger partial charge in [0.05, 0.1) is 19.0 Å². The maximum atomic E-state index is 13.5. The van der Waals surface area contributed by atoms with Crippen LogP contribution in [0.25, 0.3) is 11.0 Å². The normalized spacial score (nSPS) is 10.8. The van der Waals surface area contributed by atoms with Crippen molar-refractivity contribution in [2.24, 2.45) is 0 Å². The minimum atomic E-state index is -0.416. The highest BCUT2D eigenvalue weighted by molar-refractivity contribution is 6.32. The van der Waals surface area contributed by atoms with Crippen molar-refractivity contribution in [3.8, 4) is 5.75 Å². The molecule has 6 heteroatoms. The maximum absolute atomic E-state index is 13.5. The molecule has 1 aromatic heterocycles. The molecule has 3 aromatic carbocycles. The van der Waals surface area contributed by atoms with Crippen molar-refractivity contribution in [2.75, 3.05) is 12.0 Å². The molecule has 0 saturated carbocycles. The van der Waals surface area contributed by atoms with Crippen molar-refractivity contribution in [3.05, 3.63) is 105 Å². The molecular formula is C25H20ClNO4. The van der Waals surface area contributed by atoms with Gasteiger partial charge in [0.25, 0.3) is 5.91 Å². The third-order valence-electron chi connectivity index (χ3n) is 5.03. The first-order valence-corrected chi connectivity index (χ1v) is 10.1. The number of hydrogen-bond donors (Lipinski definition) is 0. The van der Waals surface area contributed by atoms with Crippen molar-refractivity contribution in [1.82, 2.24) is 0 Å². The number of benzene rings is 3. The molecule has 1 amide bonds. The number of carbonyl (C=O) groups excluding carboxylic acids is 1. The van der Waals surface area contributed by atoms with E-state index in [-0.39, 0.29) is 11.2 Å². The summed E-state index contributed by atoms with van der Waals surface area (Å²) in [6.07, 6.45) is 0. The molecule has 0 saturated heterocycles. The van der Waals surface area contributed by atoms with Gasteiger partial charge in [0, 0.05) is 16.8 Å². The third kappa shape index (κ3) is 4.32. The van der Waals surface area contributed by atoms with E-state index in [0.29, 0.717) is 34.0 Å². The number of rotatable bonds is 5. The number of carbonyl (C=O) groups is 1. The van der Waals surface area contributed by atoms with E-state index in [1.807, 2.05) is 37.3 Å². The summed E-state index contributed by atoms with van der Waals surface area (Å²) < 4.78 is 11.1. The number of hydrogen-bond acceptors (Lipinski definition) is 4. The molecule has 0 unspecified atom stereocenters. The molecule has 0 bridgehead atoms. The lowest BCUT2D eigenvalue weighted by Crippen LogP contribution is -2.31. The van der Waals surface area contributed by atoms with Gasteiger partial charge in [-0.05, 0) is 54.4 Å². The molecule has 5 nitrogen and oxygen atoms in total. The van der Waals surface area contributed by atoms with E-state index < -0.39 is 5.91 Å². The summed E-state index contributed by atoms with van der Waals surface area (Å²) in [5.41, 5.74) is 2.37. The summed E-state index contributed by atoms with van der Waals surface area (Å²) >= 11 is 6.14. The SMILES string of the molecule is COc1ccc(N(Cc2ccccc2)C(=O)c2cc(=O)c3cc(Cl)c(C)cc3o2)cc1. The van der Waals surface area contributed by atoms with Gasteiger partial charge >= 0.3 is 0 Å². The fourth-order valence-corrected chi connectivity index (χ4v) is 3.49. The number of amides is 1. The number of fused-ring (bicyclic) bond motifs is 1. The Balaban J connectivity index is 1.79. The Bertz CT molecular complexity index is 1300. The molecule has 31 heavy (non-hydrogen) atoms. The lowest BCUT2D eigenvalue weighted by atomic mass is 10.1. The molecule has 0 N–H and O–H groups in total. The topological polar surface area (TPSA) is 59.8 Å². The molecule has 0 spiro atoms. The molecule has 0 aliphatic carbocycles. The van der Waals surface area contributed by atoms with Crippen molar-refractivity contribution in [3.63, 3.8) is 0 Å². The predicted octanol–water partition coefficient (Wildman–Crippen LogP) is 5.61. The Hall–Kier alpha value is -3.57. The summed E-state index contributed by atoms with van der Waals surface area (Å²) in [6.45, 7) is 2.13. The summed E-state index contributed by atoms with van der Waals surface area (Å²) in [4.78, 5) is 27.7. The number of anilines is 1. The van der Waals surface area contributed by atoms with Gasteiger partial charge in [-0.15, -0.1) is 0 Å². The number of aryl methyl sites for hydroxylation is 1. The van der Waals surface area contributed by atoms with E-state index >= 15 is 0 Å². The van der Waals surface area contributed by atoms with Crippen molar-refractivity contribution < 1.29 is 13.9 Å². The van der Waals surface area contributed by atoms with E-state index in [1.165, 1.54) is 6.07 Å². The second-order valence-corrected chi connectivity index (χ2v) is 7.55. The molecule has 0 radical (unpaired) electrons. The molecule has 0 atom stereocenters. The molecule has 4 rings (SSSR count). The van der Waals surface area contributed by atoms with Crippen LogP contribution in [-0.4, -0.2) is 13.0 Å². The molecule has 1 heterocycles. The second kappa shape index (κ2) is 8.66. The Labute approximate surface area is 184 Å². The van der Waals surface area contributed by atoms with Crippen LogP contribution in [0, 0.1) is 6.92 Å². The van der Waals surface area contributed by atoms with Gasteiger partial charge < -0.3 is 14.1 Å². The van der Waals surface area contributed by atoms with Crippen LogP contribution in [0.5, 0.6) is 5.75 Å². The Morgan fingerprint density at radius 3 is 2.42 bits per heavy atom. The third-order valence-corrected chi connectivity index (χ3v) is 5.44. The van der Waals surface area contributed by atoms with Crippen molar-refractivity contribution >= 4 is 34.2 Å². The van der Waals surface area contributed by atoms with Crippen LogP contribution >= 0.6 is 11.6 Å². The largest absolute Gasteiger partial charge is 0.497 e. The predicted molar refractivity (Wildman–Crippen MR) is 122 cm³/mol. The van der Waals surface area contributed by atoms with Gasteiger partial charge in [-0.1, -0.05) is 41.9 Å². The molecular weight excluding hydrogens is 414 g/mol. The quantitative estimate of drug-likeness (QED) is 0.410. The first kappa shape index (κ1) is 20.7. The second-order valence-electron chi connectivity index (χ2n) is 7.15. The Morgan fingerprint density at radius 1 is 1.03 bits per heavy atom. The van der Waals surface area contributed by atoms with Gasteiger partial charge in [-0.2, -0.15) is 0 Å². The van der Waals surface area contributed by atoms with E-state index in [1.54, 1.807) is 48.4 Å². The average molecular weight is 434 g/mol. The summed E-state index contributed by atoms with van der Waals surface area (Å²) in [5.74, 6) is 0.229. The first-order valence-electron chi connectivity index (χ1n) is 9.70. The van der Waals surface area contributed by atoms with Crippen molar-refractivity contribution in [2.45, 2.75) is 13.5 Å². The zero-order valence-electron chi connectivity index (χ0n) is 17.1. The van der Waals surface area contributed by atoms with Crippen LogP contribution in [0.2, 0.25) is 5.02 Å². The average Bonchev–Trinajstić information content (AvgIpc) is 2.79. The van der Waals surface area contributed by atoms with E-state index in [4.69, 9.17) is 20.8 Å². The lowest BCUT2D eigenvalue weighted by molar-refractivity contribution is 0.0959. The number of ether oxygens (including phenoxy) is 1. The highest BCUT2D eigenvalue weighted by Crippen LogP contribution is 2.26. The number of nitrogens with zero attached hydrogens (tertiary/aromatic N) is 1. The minimum absolute atomic E-state index is 0.0361. The van der Waals surface area contributed by atoms with Crippen LogP contribution < -0.4 is 15.1 Å². The molecule has 0 fully saturated rings. The molecule has 156 valence electrons.